The Kier molecular flexibility index (Phi) is 3.11. The Bertz CT molecular complexity index is 1330. The fourth-order valence-corrected chi connectivity index (χ4v) is 2.81. The third kappa shape index (κ3) is 3.21. The molecule has 0 bridgehead atoms. The number of benzene rings is 1. The lowest BCUT2D eigenvalue weighted by atomic mass is 9.88. The van der Waals surface area contributed by atoms with Crippen molar-refractivity contribution < 1.29 is 11.6 Å². The van der Waals surface area contributed by atoms with Crippen LogP contribution in [0.3, 0.4) is 0 Å². The number of aryl methyl sites for hydroxylation is 2. The summed E-state index contributed by atoms with van der Waals surface area (Å²) >= 11 is 0. The van der Waals surface area contributed by atoms with Crippen molar-refractivity contribution in [3.8, 4) is 17.3 Å². The predicted molar refractivity (Wildman–Crippen MR) is 105 cm³/mol. The fourth-order valence-electron chi connectivity index (χ4n) is 2.81. The topological polar surface area (TPSA) is 83.0 Å². The second-order valence-corrected chi connectivity index (χ2v) is 7.01. The first-order valence-electron chi connectivity index (χ1n) is 11.2. The van der Waals surface area contributed by atoms with E-state index in [2.05, 4.69) is 25.4 Å². The second kappa shape index (κ2) is 6.70. The Balaban J connectivity index is 1.95. The maximum Gasteiger partial charge on any atom is 0.236 e. The van der Waals surface area contributed by atoms with E-state index in [1.807, 2.05) is 31.2 Å². The summed E-state index contributed by atoms with van der Waals surface area (Å²) in [6.07, 6.45) is 1.20. The van der Waals surface area contributed by atoms with Crippen LogP contribution in [-0.4, -0.2) is 34.6 Å². The van der Waals surface area contributed by atoms with E-state index in [0.29, 0.717) is 11.5 Å². The van der Waals surface area contributed by atoms with Gasteiger partial charge in [-0.1, -0.05) is 45.0 Å². The van der Waals surface area contributed by atoms with Crippen molar-refractivity contribution in [2.75, 3.05) is 0 Å². The predicted octanol–water partition coefficient (Wildman–Crippen LogP) is 3.10. The van der Waals surface area contributed by atoms with Gasteiger partial charge in [0, 0.05) is 22.3 Å². The smallest absolute Gasteiger partial charge is 0.236 e. The molecule has 1 aromatic carbocycles. The van der Waals surface area contributed by atoms with Gasteiger partial charge in [0.15, 0.2) is 17.3 Å². The molecule has 0 N–H and O–H groups in total. The summed E-state index contributed by atoms with van der Waals surface area (Å²) in [5.74, 6) is 0.126. The highest BCUT2D eigenvalue weighted by Gasteiger charge is 2.24. The first-order chi connectivity index (χ1) is 15.3. The summed E-state index contributed by atoms with van der Waals surface area (Å²) in [6.45, 7) is 0.101. The number of nitrogens with zero attached hydrogens (tertiary/aromatic N) is 7. The standard InChI is InChI=1S/C20H23N7O/c1-13-8-6-7-9-14(13)18-24-23-16-10-15(20(2,3)4)19(25-27(16)18)28-11-17-21-12-22-26(17)5/h6-10,12H,11H2,1-5H3/i2D3,11D2. The van der Waals surface area contributed by atoms with Crippen molar-refractivity contribution in [1.82, 2.24) is 34.6 Å². The summed E-state index contributed by atoms with van der Waals surface area (Å²) in [6, 6.07) is 9.08. The van der Waals surface area contributed by atoms with Gasteiger partial charge in [0.2, 0.25) is 5.88 Å². The number of rotatable bonds is 4. The van der Waals surface area contributed by atoms with Crippen LogP contribution < -0.4 is 4.74 Å². The van der Waals surface area contributed by atoms with Crippen LogP contribution in [-0.2, 0) is 19.0 Å². The minimum absolute atomic E-state index is 0.0927. The van der Waals surface area contributed by atoms with Crippen LogP contribution in [0.15, 0.2) is 36.7 Å². The molecule has 0 spiro atoms. The second-order valence-electron chi connectivity index (χ2n) is 7.01. The van der Waals surface area contributed by atoms with Crippen molar-refractivity contribution in [1.29, 1.82) is 0 Å². The van der Waals surface area contributed by atoms with Gasteiger partial charge in [-0.3, -0.25) is 4.68 Å². The molecule has 0 saturated heterocycles. The Morgan fingerprint density at radius 1 is 1.25 bits per heavy atom. The van der Waals surface area contributed by atoms with E-state index in [0.717, 1.165) is 11.1 Å². The van der Waals surface area contributed by atoms with E-state index in [1.165, 1.54) is 42.5 Å². The Labute approximate surface area is 170 Å². The molecule has 8 nitrogen and oxygen atoms in total. The zero-order chi connectivity index (χ0) is 24.2. The van der Waals surface area contributed by atoms with Gasteiger partial charge in [0.05, 0.1) is 2.74 Å². The molecule has 0 amide bonds. The van der Waals surface area contributed by atoms with E-state index >= 15 is 0 Å². The van der Waals surface area contributed by atoms with Crippen molar-refractivity contribution in [3.63, 3.8) is 0 Å². The molecule has 3 aromatic heterocycles. The maximum absolute atomic E-state index is 8.44. The summed E-state index contributed by atoms with van der Waals surface area (Å²) in [5.41, 5.74) is 0.777. The molecular formula is C20H23N7O. The minimum Gasteiger partial charge on any atom is -0.468 e. The lowest BCUT2D eigenvalue weighted by Crippen LogP contribution is -2.17. The lowest BCUT2D eigenvalue weighted by Gasteiger charge is -2.21. The minimum atomic E-state index is -2.44. The Morgan fingerprint density at radius 3 is 2.79 bits per heavy atom. The molecule has 3 heterocycles. The average molecular weight is 382 g/mol. The molecule has 8 heteroatoms. The van der Waals surface area contributed by atoms with Crippen LogP contribution in [0.25, 0.3) is 17.0 Å². The molecule has 0 fully saturated rings. The SMILES string of the molecule is [2H]C([2H])(Oc1nn2c(-c3ccccc3C)nnc2cc1C(C)(C)C([2H])([2H])[2H])c1ncnn1C. The quantitative estimate of drug-likeness (QED) is 0.539. The highest BCUT2D eigenvalue weighted by molar-refractivity contribution is 5.63. The van der Waals surface area contributed by atoms with Gasteiger partial charge in [-0.2, -0.15) is 9.61 Å². The third-order valence-electron chi connectivity index (χ3n) is 4.37. The summed E-state index contributed by atoms with van der Waals surface area (Å²) < 4.78 is 49.4. The van der Waals surface area contributed by atoms with Crippen LogP contribution in [0.1, 0.15) is 44.5 Å². The van der Waals surface area contributed by atoms with E-state index < -0.39 is 18.8 Å². The van der Waals surface area contributed by atoms with Crippen LogP contribution in [0, 0.1) is 6.92 Å². The van der Waals surface area contributed by atoms with Gasteiger partial charge in [-0.05, 0) is 24.0 Å². The number of hydrogen-bond donors (Lipinski definition) is 0. The van der Waals surface area contributed by atoms with Crippen molar-refractivity contribution in [2.45, 2.75) is 39.6 Å². The van der Waals surface area contributed by atoms with E-state index in [9.17, 15) is 0 Å². The van der Waals surface area contributed by atoms with Gasteiger partial charge >= 0.3 is 0 Å². The van der Waals surface area contributed by atoms with E-state index in [1.54, 1.807) is 0 Å². The van der Waals surface area contributed by atoms with Crippen LogP contribution in [0.5, 0.6) is 5.88 Å². The average Bonchev–Trinajstić information content (AvgIpc) is 3.33. The third-order valence-corrected chi connectivity index (χ3v) is 4.37. The van der Waals surface area contributed by atoms with Gasteiger partial charge < -0.3 is 4.74 Å². The van der Waals surface area contributed by atoms with Crippen LogP contribution in [0.2, 0.25) is 0 Å². The van der Waals surface area contributed by atoms with Crippen molar-refractivity contribution in [2.24, 2.45) is 7.05 Å². The molecule has 0 radical (unpaired) electrons. The first-order valence-corrected chi connectivity index (χ1v) is 8.69. The van der Waals surface area contributed by atoms with Crippen LogP contribution in [0.4, 0.5) is 0 Å². The zero-order valence-electron chi connectivity index (χ0n) is 21.0. The molecule has 0 aliphatic carbocycles. The fraction of sp³-hybridized carbons (Fsp3) is 0.350. The monoisotopic (exact) mass is 382 g/mol. The van der Waals surface area contributed by atoms with Crippen molar-refractivity contribution in [3.05, 3.63) is 53.6 Å². The van der Waals surface area contributed by atoms with Gasteiger partial charge in [-0.25, -0.2) is 4.98 Å². The number of aromatic nitrogens is 7. The summed E-state index contributed by atoms with van der Waals surface area (Å²) in [4.78, 5) is 3.93. The van der Waals surface area contributed by atoms with E-state index in [-0.39, 0.29) is 17.3 Å². The lowest BCUT2D eigenvalue weighted by molar-refractivity contribution is 0.266. The molecular weight excluding hydrogens is 354 g/mol. The molecule has 0 atom stereocenters. The Morgan fingerprint density at radius 2 is 2.07 bits per heavy atom. The molecule has 0 aliphatic heterocycles. The summed E-state index contributed by atoms with van der Waals surface area (Å²) in [5, 5.41) is 16.8. The molecule has 0 aliphatic rings. The van der Waals surface area contributed by atoms with Crippen LogP contribution >= 0.6 is 0 Å². The molecule has 0 saturated carbocycles. The van der Waals surface area contributed by atoms with Crippen molar-refractivity contribution >= 4 is 5.65 Å². The van der Waals surface area contributed by atoms with E-state index in [4.69, 9.17) is 11.6 Å². The maximum atomic E-state index is 8.44. The highest BCUT2D eigenvalue weighted by atomic mass is 16.5. The normalized spacial score (nSPS) is 15.5. The zero-order valence-corrected chi connectivity index (χ0v) is 16.0. The molecule has 144 valence electrons. The van der Waals surface area contributed by atoms with Gasteiger partial charge in [0.25, 0.3) is 0 Å². The number of fused-ring (bicyclic) bond motifs is 1. The van der Waals surface area contributed by atoms with Gasteiger partial charge in [0.1, 0.15) is 12.9 Å². The first kappa shape index (κ1) is 13.0. The van der Waals surface area contributed by atoms with Gasteiger partial charge in [-0.15, -0.1) is 15.3 Å². The highest BCUT2D eigenvalue weighted by Crippen LogP contribution is 2.32. The molecule has 4 aromatic rings. The molecule has 28 heavy (non-hydrogen) atoms. The molecule has 0 unspecified atom stereocenters. The molecule has 4 rings (SSSR count). The number of ether oxygens (including phenoxy) is 1. The summed E-state index contributed by atoms with van der Waals surface area (Å²) in [7, 11) is 1.53. The Hall–Kier alpha value is -3.29. The largest absolute Gasteiger partial charge is 0.468 e. The number of hydrogen-bond acceptors (Lipinski definition) is 6.